The molecule has 0 bridgehead atoms. The van der Waals surface area contributed by atoms with Gasteiger partial charge in [0.05, 0.1) is 0 Å². The SMILES string of the molecule is c1cncc(CSc2n[nH]c(Cc3cccs3)n2)c1. The molecule has 19 heavy (non-hydrogen) atoms. The number of pyridine rings is 1. The predicted octanol–water partition coefficient (Wildman–Crippen LogP) is 3.14. The van der Waals surface area contributed by atoms with Crippen LogP contribution in [0, 0.1) is 0 Å². The maximum Gasteiger partial charge on any atom is 0.208 e. The Balaban J connectivity index is 1.59. The fourth-order valence-corrected chi connectivity index (χ4v) is 3.09. The largest absolute Gasteiger partial charge is 0.264 e. The standard InChI is InChI=1S/C13H12N4S2/c1-3-10(8-14-5-1)9-19-13-15-12(16-17-13)7-11-4-2-6-18-11/h1-6,8H,7,9H2,(H,15,16,17). The predicted molar refractivity (Wildman–Crippen MR) is 77.3 cm³/mol. The summed E-state index contributed by atoms with van der Waals surface area (Å²) in [7, 11) is 0. The number of nitrogens with one attached hydrogen (secondary N) is 1. The van der Waals surface area contributed by atoms with E-state index in [1.54, 1.807) is 29.3 Å². The summed E-state index contributed by atoms with van der Waals surface area (Å²) in [5.41, 5.74) is 1.18. The lowest BCUT2D eigenvalue weighted by atomic mass is 10.3. The number of thiophene rings is 1. The molecule has 3 rings (SSSR count). The molecule has 0 unspecified atom stereocenters. The maximum atomic E-state index is 4.48. The zero-order chi connectivity index (χ0) is 12.9. The average Bonchev–Trinajstić information content (AvgIpc) is 3.10. The first-order valence-corrected chi connectivity index (χ1v) is 7.72. The number of rotatable bonds is 5. The zero-order valence-corrected chi connectivity index (χ0v) is 11.7. The quantitative estimate of drug-likeness (QED) is 0.733. The third-order valence-corrected chi connectivity index (χ3v) is 4.32. The van der Waals surface area contributed by atoms with Crippen LogP contribution in [-0.2, 0) is 12.2 Å². The molecule has 0 aliphatic heterocycles. The van der Waals surface area contributed by atoms with E-state index < -0.39 is 0 Å². The van der Waals surface area contributed by atoms with Crippen molar-refractivity contribution in [3.63, 3.8) is 0 Å². The van der Waals surface area contributed by atoms with E-state index in [1.807, 2.05) is 12.3 Å². The van der Waals surface area contributed by atoms with Gasteiger partial charge in [0.1, 0.15) is 5.82 Å². The van der Waals surface area contributed by atoms with Crippen LogP contribution in [0.25, 0.3) is 0 Å². The fraction of sp³-hybridized carbons (Fsp3) is 0.154. The van der Waals surface area contributed by atoms with E-state index >= 15 is 0 Å². The van der Waals surface area contributed by atoms with Crippen LogP contribution >= 0.6 is 23.1 Å². The van der Waals surface area contributed by atoms with Gasteiger partial charge in [0, 0.05) is 29.4 Å². The Hall–Kier alpha value is -1.66. The minimum absolute atomic E-state index is 0.787. The molecule has 96 valence electrons. The van der Waals surface area contributed by atoms with E-state index in [0.29, 0.717) is 0 Å². The molecular formula is C13H12N4S2. The monoisotopic (exact) mass is 288 g/mol. The van der Waals surface area contributed by atoms with Gasteiger partial charge in [-0.2, -0.15) is 0 Å². The summed E-state index contributed by atoms with van der Waals surface area (Å²) in [6.45, 7) is 0. The molecule has 0 spiro atoms. The van der Waals surface area contributed by atoms with Gasteiger partial charge >= 0.3 is 0 Å². The Bertz CT molecular complexity index is 619. The van der Waals surface area contributed by atoms with Gasteiger partial charge in [0.15, 0.2) is 0 Å². The lowest BCUT2D eigenvalue weighted by Crippen LogP contribution is -1.87. The summed E-state index contributed by atoms with van der Waals surface area (Å²) in [5, 5.41) is 10.1. The number of thioether (sulfide) groups is 1. The van der Waals surface area contributed by atoms with Crippen LogP contribution in [-0.4, -0.2) is 20.2 Å². The van der Waals surface area contributed by atoms with E-state index in [0.717, 1.165) is 23.2 Å². The van der Waals surface area contributed by atoms with Crippen molar-refractivity contribution >= 4 is 23.1 Å². The van der Waals surface area contributed by atoms with E-state index in [9.17, 15) is 0 Å². The average molecular weight is 288 g/mol. The summed E-state index contributed by atoms with van der Waals surface area (Å²) in [5.74, 6) is 1.75. The molecule has 3 aromatic rings. The minimum atomic E-state index is 0.787. The molecule has 0 amide bonds. The van der Waals surface area contributed by atoms with Crippen molar-refractivity contribution in [2.24, 2.45) is 0 Å². The Morgan fingerprint density at radius 2 is 2.26 bits per heavy atom. The van der Waals surface area contributed by atoms with Gasteiger partial charge in [-0.3, -0.25) is 10.1 Å². The zero-order valence-electron chi connectivity index (χ0n) is 10.1. The van der Waals surface area contributed by atoms with E-state index in [4.69, 9.17) is 0 Å². The second kappa shape index (κ2) is 5.99. The number of hydrogen-bond donors (Lipinski definition) is 1. The first-order valence-electron chi connectivity index (χ1n) is 5.85. The van der Waals surface area contributed by atoms with E-state index in [-0.39, 0.29) is 0 Å². The summed E-state index contributed by atoms with van der Waals surface area (Å²) in [6, 6.07) is 8.15. The van der Waals surface area contributed by atoms with Crippen LogP contribution in [0.4, 0.5) is 0 Å². The fourth-order valence-electron chi connectivity index (χ4n) is 1.63. The Kier molecular flexibility index (Phi) is 3.90. The topological polar surface area (TPSA) is 54.5 Å². The van der Waals surface area contributed by atoms with E-state index in [1.165, 1.54) is 10.4 Å². The highest BCUT2D eigenvalue weighted by atomic mass is 32.2. The Morgan fingerprint density at radius 1 is 1.26 bits per heavy atom. The number of aromatic amines is 1. The Morgan fingerprint density at radius 3 is 3.05 bits per heavy atom. The van der Waals surface area contributed by atoms with Crippen LogP contribution in [0.1, 0.15) is 16.3 Å². The van der Waals surface area contributed by atoms with Crippen LogP contribution in [0.5, 0.6) is 0 Å². The summed E-state index contributed by atoms with van der Waals surface area (Å²) in [4.78, 5) is 9.87. The molecule has 0 atom stereocenters. The molecule has 0 aromatic carbocycles. The lowest BCUT2D eigenvalue weighted by molar-refractivity contribution is 0.960. The van der Waals surface area contributed by atoms with Crippen molar-refractivity contribution in [1.29, 1.82) is 0 Å². The molecule has 0 saturated carbocycles. The lowest BCUT2D eigenvalue weighted by Gasteiger charge is -1.96. The van der Waals surface area contributed by atoms with Crippen LogP contribution < -0.4 is 0 Å². The van der Waals surface area contributed by atoms with Crippen LogP contribution in [0.15, 0.2) is 47.2 Å². The second-order valence-corrected chi connectivity index (χ2v) is 5.95. The smallest absolute Gasteiger partial charge is 0.208 e. The van der Waals surface area contributed by atoms with Crippen LogP contribution in [0.3, 0.4) is 0 Å². The van der Waals surface area contributed by atoms with Gasteiger partial charge in [-0.25, -0.2) is 4.98 Å². The molecule has 1 N–H and O–H groups in total. The molecule has 0 fully saturated rings. The highest BCUT2D eigenvalue weighted by Gasteiger charge is 2.05. The first kappa shape index (κ1) is 12.4. The van der Waals surface area contributed by atoms with Gasteiger partial charge in [-0.15, -0.1) is 16.4 Å². The minimum Gasteiger partial charge on any atom is -0.264 e. The van der Waals surface area contributed by atoms with Crippen molar-refractivity contribution in [2.45, 2.75) is 17.3 Å². The van der Waals surface area contributed by atoms with Crippen LogP contribution in [0.2, 0.25) is 0 Å². The number of H-pyrrole nitrogens is 1. The molecule has 0 aliphatic rings. The molecule has 3 heterocycles. The molecule has 6 heteroatoms. The van der Waals surface area contributed by atoms with Gasteiger partial charge in [-0.1, -0.05) is 23.9 Å². The van der Waals surface area contributed by atoms with Crippen molar-refractivity contribution in [1.82, 2.24) is 20.2 Å². The molecule has 4 nitrogen and oxygen atoms in total. The van der Waals surface area contributed by atoms with Gasteiger partial charge in [-0.05, 0) is 23.1 Å². The molecular weight excluding hydrogens is 276 g/mol. The number of aromatic nitrogens is 4. The third kappa shape index (κ3) is 3.42. The van der Waals surface area contributed by atoms with Crippen molar-refractivity contribution in [3.05, 3.63) is 58.3 Å². The summed E-state index contributed by atoms with van der Waals surface area (Å²) >= 11 is 3.35. The Labute approximate surface area is 119 Å². The number of nitrogens with zero attached hydrogens (tertiary/aromatic N) is 3. The second-order valence-electron chi connectivity index (χ2n) is 3.97. The maximum absolute atomic E-state index is 4.48. The summed E-state index contributed by atoms with van der Waals surface area (Å²) < 4.78 is 0. The highest BCUT2D eigenvalue weighted by molar-refractivity contribution is 7.98. The molecule has 0 radical (unpaired) electrons. The first-order chi connectivity index (χ1) is 9.40. The van der Waals surface area contributed by atoms with Gasteiger partial charge < -0.3 is 0 Å². The highest BCUT2D eigenvalue weighted by Crippen LogP contribution is 2.19. The van der Waals surface area contributed by atoms with Crippen molar-refractivity contribution in [2.75, 3.05) is 0 Å². The third-order valence-electron chi connectivity index (χ3n) is 2.52. The van der Waals surface area contributed by atoms with Crippen molar-refractivity contribution in [3.8, 4) is 0 Å². The normalized spacial score (nSPS) is 10.7. The van der Waals surface area contributed by atoms with E-state index in [2.05, 4.69) is 43.7 Å². The molecule has 3 aromatic heterocycles. The van der Waals surface area contributed by atoms with Gasteiger partial charge in [0.25, 0.3) is 0 Å². The number of hydrogen-bond acceptors (Lipinski definition) is 5. The van der Waals surface area contributed by atoms with Gasteiger partial charge in [0.2, 0.25) is 5.16 Å². The molecule has 0 saturated heterocycles. The van der Waals surface area contributed by atoms with Crippen molar-refractivity contribution < 1.29 is 0 Å². The molecule has 0 aliphatic carbocycles. The summed E-state index contributed by atoms with van der Waals surface area (Å²) in [6.07, 6.45) is 4.46.